The van der Waals surface area contributed by atoms with E-state index in [0.29, 0.717) is 18.6 Å². The molecule has 16 heavy (non-hydrogen) atoms. The van der Waals surface area contributed by atoms with Crippen LogP contribution in [-0.2, 0) is 11.3 Å². The van der Waals surface area contributed by atoms with Crippen LogP contribution in [0.15, 0.2) is 17.7 Å². The fourth-order valence-corrected chi connectivity index (χ4v) is 2.23. The van der Waals surface area contributed by atoms with Crippen LogP contribution < -0.4 is 0 Å². The third kappa shape index (κ3) is 2.06. The number of rotatable bonds is 5. The summed E-state index contributed by atoms with van der Waals surface area (Å²) in [6.07, 6.45) is 4.62. The normalized spacial score (nSPS) is 10.8. The third-order valence-electron chi connectivity index (χ3n) is 2.14. The zero-order chi connectivity index (χ0) is 11.4. The van der Waals surface area contributed by atoms with Crippen LogP contribution >= 0.6 is 11.8 Å². The number of imidazole rings is 1. The van der Waals surface area contributed by atoms with Gasteiger partial charge in [-0.3, -0.25) is 0 Å². The largest absolute Gasteiger partial charge is 0.327 e. The Bertz CT molecular complexity index is 497. The molecule has 0 unspecified atom stereocenters. The number of thioether (sulfide) groups is 1. The zero-order valence-corrected chi connectivity index (χ0v) is 9.78. The van der Waals surface area contributed by atoms with Crippen LogP contribution in [0.25, 0.3) is 11.2 Å². The maximum absolute atomic E-state index is 10.4. The lowest BCUT2D eigenvalue weighted by Gasteiger charge is -2.04. The van der Waals surface area contributed by atoms with E-state index >= 15 is 0 Å². The number of carbonyl (C=O) groups excluding carboxylic acids is 1. The molecule has 0 aliphatic carbocycles. The molecule has 2 rings (SSSR count). The first-order chi connectivity index (χ1) is 7.86. The van der Waals surface area contributed by atoms with E-state index in [1.807, 2.05) is 4.57 Å². The maximum Gasteiger partial charge on any atom is 0.181 e. The summed E-state index contributed by atoms with van der Waals surface area (Å²) in [5.41, 5.74) is 1.62. The van der Waals surface area contributed by atoms with Crippen molar-refractivity contribution in [2.45, 2.75) is 24.9 Å². The molecule has 6 heteroatoms. The minimum atomic E-state index is 0.483. The summed E-state index contributed by atoms with van der Waals surface area (Å²) in [5.74, 6) is 0.949. The highest BCUT2D eigenvalue weighted by Crippen LogP contribution is 2.23. The molecule has 0 saturated carbocycles. The van der Waals surface area contributed by atoms with E-state index in [2.05, 4.69) is 21.9 Å². The van der Waals surface area contributed by atoms with Crippen LogP contribution in [0.1, 0.15) is 13.3 Å². The second kappa shape index (κ2) is 5.07. The van der Waals surface area contributed by atoms with Gasteiger partial charge in [-0.05, 0) is 5.75 Å². The molecule has 0 spiro atoms. The summed E-state index contributed by atoms with van der Waals surface area (Å²) in [6.45, 7) is 2.70. The van der Waals surface area contributed by atoms with Crippen molar-refractivity contribution in [3.8, 4) is 0 Å². The fraction of sp³-hybridized carbons (Fsp3) is 0.400. The highest BCUT2D eigenvalue weighted by Gasteiger charge is 2.09. The number of fused-ring (bicyclic) bond motifs is 1. The molecule has 84 valence electrons. The summed E-state index contributed by atoms with van der Waals surface area (Å²) in [7, 11) is 0. The van der Waals surface area contributed by atoms with Gasteiger partial charge in [-0.25, -0.2) is 15.0 Å². The summed E-state index contributed by atoms with van der Waals surface area (Å²) in [6, 6.07) is 0. The van der Waals surface area contributed by atoms with E-state index in [4.69, 9.17) is 0 Å². The van der Waals surface area contributed by atoms with E-state index in [1.165, 1.54) is 6.33 Å². The van der Waals surface area contributed by atoms with Gasteiger partial charge in [0.05, 0.1) is 6.33 Å². The predicted molar refractivity (Wildman–Crippen MR) is 62.4 cm³/mol. The Morgan fingerprint density at radius 3 is 3.06 bits per heavy atom. The molecule has 0 fully saturated rings. The molecular weight excluding hydrogens is 224 g/mol. The molecule has 0 radical (unpaired) electrons. The minimum absolute atomic E-state index is 0.483. The molecule has 0 aromatic carbocycles. The van der Waals surface area contributed by atoms with Gasteiger partial charge in [0.1, 0.15) is 23.2 Å². The van der Waals surface area contributed by atoms with Gasteiger partial charge >= 0.3 is 0 Å². The Morgan fingerprint density at radius 1 is 1.44 bits per heavy atom. The highest BCUT2D eigenvalue weighted by atomic mass is 32.2. The van der Waals surface area contributed by atoms with Gasteiger partial charge in [0.2, 0.25) is 0 Å². The second-order valence-corrected chi connectivity index (χ2v) is 4.43. The van der Waals surface area contributed by atoms with Crippen molar-refractivity contribution in [2.75, 3.05) is 5.75 Å². The summed E-state index contributed by atoms with van der Waals surface area (Å²) in [4.78, 5) is 22.9. The monoisotopic (exact) mass is 236 g/mol. The Hall–Kier alpha value is -1.43. The van der Waals surface area contributed by atoms with Crippen molar-refractivity contribution in [1.82, 2.24) is 19.5 Å². The lowest BCUT2D eigenvalue weighted by molar-refractivity contribution is -0.108. The SMILES string of the molecule is CCSc1ncnc2ncn(CCC=O)c12. The molecule has 0 amide bonds. The summed E-state index contributed by atoms with van der Waals surface area (Å²) >= 11 is 1.66. The average Bonchev–Trinajstić information content (AvgIpc) is 2.71. The van der Waals surface area contributed by atoms with E-state index in [1.54, 1.807) is 18.1 Å². The van der Waals surface area contributed by atoms with Gasteiger partial charge in [-0.1, -0.05) is 6.92 Å². The molecule has 0 aliphatic rings. The number of hydrogen-bond donors (Lipinski definition) is 0. The second-order valence-electron chi connectivity index (χ2n) is 3.18. The topological polar surface area (TPSA) is 60.7 Å². The average molecular weight is 236 g/mol. The zero-order valence-electron chi connectivity index (χ0n) is 8.96. The molecular formula is C10H12N4OS. The Morgan fingerprint density at radius 2 is 2.31 bits per heavy atom. The van der Waals surface area contributed by atoms with Gasteiger partial charge in [-0.2, -0.15) is 0 Å². The molecule has 0 aliphatic heterocycles. The minimum Gasteiger partial charge on any atom is -0.327 e. The summed E-state index contributed by atoms with van der Waals surface area (Å²) < 4.78 is 1.93. The smallest absolute Gasteiger partial charge is 0.181 e. The first kappa shape index (κ1) is 11.1. The van der Waals surface area contributed by atoms with Crippen LogP contribution in [-0.4, -0.2) is 31.6 Å². The summed E-state index contributed by atoms with van der Waals surface area (Å²) in [5, 5.41) is 0.927. The van der Waals surface area contributed by atoms with Gasteiger partial charge in [0.25, 0.3) is 0 Å². The Labute approximate surface area is 97.3 Å². The Kier molecular flexibility index (Phi) is 3.51. The molecule has 2 aromatic heterocycles. The van der Waals surface area contributed by atoms with Crippen LogP contribution in [0.2, 0.25) is 0 Å². The van der Waals surface area contributed by atoms with Crippen molar-refractivity contribution < 1.29 is 4.79 Å². The first-order valence-corrected chi connectivity index (χ1v) is 6.07. The van der Waals surface area contributed by atoms with E-state index in [0.717, 1.165) is 22.6 Å². The van der Waals surface area contributed by atoms with Gasteiger partial charge < -0.3 is 9.36 Å². The van der Waals surface area contributed by atoms with E-state index in [-0.39, 0.29) is 0 Å². The molecule has 0 saturated heterocycles. The molecule has 2 heterocycles. The first-order valence-electron chi connectivity index (χ1n) is 5.09. The predicted octanol–water partition coefficient (Wildman–Crippen LogP) is 1.53. The lowest BCUT2D eigenvalue weighted by atomic mass is 10.4. The van der Waals surface area contributed by atoms with Gasteiger partial charge in [-0.15, -0.1) is 11.8 Å². The maximum atomic E-state index is 10.4. The van der Waals surface area contributed by atoms with Crippen molar-refractivity contribution in [3.63, 3.8) is 0 Å². The number of nitrogens with zero attached hydrogens (tertiary/aromatic N) is 4. The van der Waals surface area contributed by atoms with Crippen molar-refractivity contribution >= 4 is 29.2 Å². The number of aromatic nitrogens is 4. The van der Waals surface area contributed by atoms with E-state index in [9.17, 15) is 4.79 Å². The number of aldehydes is 1. The standard InChI is InChI=1S/C10H12N4OS/c1-2-16-10-8-9(11-6-12-10)13-7-14(8)4-3-5-15/h5-7H,2-4H2,1H3. The molecule has 0 atom stereocenters. The van der Waals surface area contributed by atoms with Crippen molar-refractivity contribution in [3.05, 3.63) is 12.7 Å². The van der Waals surface area contributed by atoms with Crippen LogP contribution in [0.3, 0.4) is 0 Å². The number of hydrogen-bond acceptors (Lipinski definition) is 5. The lowest BCUT2D eigenvalue weighted by Crippen LogP contribution is -1.99. The number of aryl methyl sites for hydroxylation is 1. The fourth-order valence-electron chi connectivity index (χ4n) is 1.49. The molecule has 0 N–H and O–H groups in total. The van der Waals surface area contributed by atoms with Crippen LogP contribution in [0, 0.1) is 0 Å². The van der Waals surface area contributed by atoms with Crippen LogP contribution in [0.5, 0.6) is 0 Å². The molecule has 0 bridgehead atoms. The quantitative estimate of drug-likeness (QED) is 0.447. The molecule has 5 nitrogen and oxygen atoms in total. The number of carbonyl (C=O) groups is 1. The Balaban J connectivity index is 2.45. The van der Waals surface area contributed by atoms with Gasteiger partial charge in [0.15, 0.2) is 5.65 Å². The third-order valence-corrected chi connectivity index (χ3v) is 3.01. The highest BCUT2D eigenvalue weighted by molar-refractivity contribution is 7.99. The van der Waals surface area contributed by atoms with Gasteiger partial charge in [0, 0.05) is 13.0 Å². The van der Waals surface area contributed by atoms with E-state index < -0.39 is 0 Å². The molecule has 2 aromatic rings. The van der Waals surface area contributed by atoms with Crippen molar-refractivity contribution in [2.24, 2.45) is 0 Å². The van der Waals surface area contributed by atoms with Crippen LogP contribution in [0.4, 0.5) is 0 Å². The van der Waals surface area contributed by atoms with Crippen molar-refractivity contribution in [1.29, 1.82) is 0 Å².